The first-order valence-electron chi connectivity index (χ1n) is 8.49. The minimum absolute atomic E-state index is 0.439. The molecule has 1 rings (SSSR count). The molecule has 0 radical (unpaired) electrons. The lowest BCUT2D eigenvalue weighted by atomic mass is 9.86. The average molecular weight is 268 g/mol. The van der Waals surface area contributed by atoms with Gasteiger partial charge in [0.05, 0.1) is 0 Å². The van der Waals surface area contributed by atoms with Gasteiger partial charge in [-0.3, -0.25) is 0 Å². The molecule has 0 saturated carbocycles. The fraction of sp³-hybridized carbons (Fsp3) is 1.00. The second-order valence-corrected chi connectivity index (χ2v) is 7.23. The molecule has 1 aliphatic rings. The number of hydrogen-bond acceptors (Lipinski definition) is 2. The van der Waals surface area contributed by atoms with Crippen LogP contribution in [0.4, 0.5) is 0 Å². The lowest BCUT2D eigenvalue weighted by Crippen LogP contribution is -2.43. The van der Waals surface area contributed by atoms with Crippen molar-refractivity contribution < 1.29 is 0 Å². The maximum absolute atomic E-state index is 3.67. The molecule has 19 heavy (non-hydrogen) atoms. The zero-order valence-corrected chi connectivity index (χ0v) is 13.8. The lowest BCUT2D eigenvalue weighted by molar-refractivity contribution is 0.144. The fourth-order valence-electron chi connectivity index (χ4n) is 2.97. The Morgan fingerprint density at radius 3 is 2.16 bits per heavy atom. The van der Waals surface area contributed by atoms with E-state index in [2.05, 4.69) is 37.9 Å². The van der Waals surface area contributed by atoms with E-state index in [4.69, 9.17) is 0 Å². The Labute approximate surface area is 121 Å². The smallest absolute Gasteiger partial charge is 0.00474 e. The van der Waals surface area contributed by atoms with Gasteiger partial charge in [-0.1, -0.05) is 47.0 Å². The van der Waals surface area contributed by atoms with Crippen molar-refractivity contribution in [3.63, 3.8) is 0 Å². The summed E-state index contributed by atoms with van der Waals surface area (Å²) in [6.07, 6.45) is 8.40. The minimum Gasteiger partial charge on any atom is -0.316 e. The number of nitrogens with one attached hydrogen (secondary N) is 1. The Balaban J connectivity index is 2.38. The molecule has 0 spiro atoms. The molecule has 0 aromatic carbocycles. The van der Waals surface area contributed by atoms with Gasteiger partial charge in [0.25, 0.3) is 0 Å². The molecule has 0 amide bonds. The molecule has 0 bridgehead atoms. The highest BCUT2D eigenvalue weighted by atomic mass is 15.1. The summed E-state index contributed by atoms with van der Waals surface area (Å²) in [5, 5.41) is 3.67. The third-order valence-electron chi connectivity index (χ3n) is 4.51. The van der Waals surface area contributed by atoms with E-state index in [0.717, 1.165) is 19.0 Å². The average Bonchev–Trinajstić information content (AvgIpc) is 2.32. The summed E-state index contributed by atoms with van der Waals surface area (Å²) in [5.41, 5.74) is 0.439. The number of hydrogen-bond donors (Lipinski definition) is 1. The zero-order valence-electron chi connectivity index (χ0n) is 13.8. The highest BCUT2D eigenvalue weighted by molar-refractivity contribution is 4.80. The first-order valence-corrected chi connectivity index (χ1v) is 8.49. The van der Waals surface area contributed by atoms with E-state index in [-0.39, 0.29) is 0 Å². The molecule has 1 unspecified atom stereocenters. The van der Waals surface area contributed by atoms with Crippen LogP contribution in [-0.4, -0.2) is 37.6 Å². The van der Waals surface area contributed by atoms with Crippen LogP contribution in [0.1, 0.15) is 66.2 Å². The van der Waals surface area contributed by atoms with E-state index >= 15 is 0 Å². The molecule has 1 saturated heterocycles. The summed E-state index contributed by atoms with van der Waals surface area (Å²) in [5.74, 6) is 0.753. The molecule has 1 atom stereocenters. The van der Waals surface area contributed by atoms with Crippen LogP contribution in [-0.2, 0) is 0 Å². The van der Waals surface area contributed by atoms with Crippen LogP contribution in [0.5, 0.6) is 0 Å². The molecule has 1 aliphatic heterocycles. The van der Waals surface area contributed by atoms with E-state index in [1.807, 2.05) is 0 Å². The summed E-state index contributed by atoms with van der Waals surface area (Å²) in [6, 6.07) is 0. The SMILES string of the molecule is CCC(C)(CNCC(C)C)CN1CCCCCCC1. The van der Waals surface area contributed by atoms with Crippen molar-refractivity contribution in [2.75, 3.05) is 32.7 Å². The van der Waals surface area contributed by atoms with Gasteiger partial charge in [-0.05, 0) is 50.2 Å². The van der Waals surface area contributed by atoms with Crippen LogP contribution < -0.4 is 5.32 Å². The van der Waals surface area contributed by atoms with Crippen LogP contribution in [0.2, 0.25) is 0 Å². The maximum Gasteiger partial charge on any atom is 0.00474 e. The summed E-state index contributed by atoms with van der Waals surface area (Å²) < 4.78 is 0. The van der Waals surface area contributed by atoms with Crippen LogP contribution in [0.3, 0.4) is 0 Å². The van der Waals surface area contributed by atoms with Gasteiger partial charge in [0.15, 0.2) is 0 Å². The van der Waals surface area contributed by atoms with Crippen molar-refractivity contribution in [1.29, 1.82) is 0 Å². The van der Waals surface area contributed by atoms with E-state index in [1.54, 1.807) is 0 Å². The molecule has 0 aromatic heterocycles. The summed E-state index contributed by atoms with van der Waals surface area (Å²) in [7, 11) is 0. The van der Waals surface area contributed by atoms with Crippen LogP contribution in [0, 0.1) is 11.3 Å². The van der Waals surface area contributed by atoms with Gasteiger partial charge < -0.3 is 10.2 Å². The molecule has 1 fully saturated rings. The second-order valence-electron chi connectivity index (χ2n) is 7.23. The van der Waals surface area contributed by atoms with Gasteiger partial charge in [-0.15, -0.1) is 0 Å². The van der Waals surface area contributed by atoms with Gasteiger partial charge in [0, 0.05) is 13.1 Å². The maximum atomic E-state index is 3.67. The topological polar surface area (TPSA) is 15.3 Å². The molecule has 2 heteroatoms. The Kier molecular flexibility index (Phi) is 8.01. The molecule has 2 nitrogen and oxygen atoms in total. The largest absolute Gasteiger partial charge is 0.316 e. The van der Waals surface area contributed by atoms with E-state index in [9.17, 15) is 0 Å². The third kappa shape index (κ3) is 7.31. The lowest BCUT2D eigenvalue weighted by Gasteiger charge is -2.36. The molecule has 1 heterocycles. The predicted octanol–water partition coefficient (Wildman–Crippen LogP) is 3.91. The van der Waals surface area contributed by atoms with Gasteiger partial charge in [0.2, 0.25) is 0 Å². The number of rotatable bonds is 7. The van der Waals surface area contributed by atoms with Crippen LogP contribution >= 0.6 is 0 Å². The number of nitrogens with zero attached hydrogens (tertiary/aromatic N) is 1. The second kappa shape index (κ2) is 8.97. The Morgan fingerprint density at radius 1 is 1.05 bits per heavy atom. The molecule has 0 aliphatic carbocycles. The quantitative estimate of drug-likeness (QED) is 0.753. The van der Waals surface area contributed by atoms with Crippen LogP contribution in [0.15, 0.2) is 0 Å². The fourth-order valence-corrected chi connectivity index (χ4v) is 2.97. The molecular weight excluding hydrogens is 232 g/mol. The van der Waals surface area contributed by atoms with Crippen molar-refractivity contribution in [2.45, 2.75) is 66.2 Å². The summed E-state index contributed by atoms with van der Waals surface area (Å²) >= 11 is 0. The Bertz CT molecular complexity index is 219. The van der Waals surface area contributed by atoms with Gasteiger partial charge in [0.1, 0.15) is 0 Å². The first kappa shape index (κ1) is 17.0. The Hall–Kier alpha value is -0.0800. The zero-order chi connectivity index (χ0) is 14.1. The van der Waals surface area contributed by atoms with Gasteiger partial charge in [-0.2, -0.15) is 0 Å². The van der Waals surface area contributed by atoms with E-state index < -0.39 is 0 Å². The van der Waals surface area contributed by atoms with Crippen molar-refractivity contribution in [2.24, 2.45) is 11.3 Å². The minimum atomic E-state index is 0.439. The first-order chi connectivity index (χ1) is 9.06. The van der Waals surface area contributed by atoms with Crippen LogP contribution in [0.25, 0.3) is 0 Å². The third-order valence-corrected chi connectivity index (χ3v) is 4.51. The normalized spacial score (nSPS) is 21.9. The monoisotopic (exact) mass is 268 g/mol. The van der Waals surface area contributed by atoms with Crippen molar-refractivity contribution in [1.82, 2.24) is 10.2 Å². The predicted molar refractivity (Wildman–Crippen MR) is 85.6 cm³/mol. The van der Waals surface area contributed by atoms with Gasteiger partial charge >= 0.3 is 0 Å². The highest BCUT2D eigenvalue weighted by Crippen LogP contribution is 2.23. The summed E-state index contributed by atoms with van der Waals surface area (Å²) in [4.78, 5) is 2.72. The summed E-state index contributed by atoms with van der Waals surface area (Å²) in [6.45, 7) is 15.6. The molecule has 1 N–H and O–H groups in total. The standard InChI is InChI=1S/C17H36N2/c1-5-17(4,14-18-13-16(2)3)15-19-11-9-7-6-8-10-12-19/h16,18H,5-15H2,1-4H3. The van der Waals surface area contributed by atoms with Crippen molar-refractivity contribution in [3.8, 4) is 0 Å². The molecular formula is C17H36N2. The van der Waals surface area contributed by atoms with Crippen molar-refractivity contribution in [3.05, 3.63) is 0 Å². The number of likely N-dealkylation sites (tertiary alicyclic amines) is 1. The van der Waals surface area contributed by atoms with Gasteiger partial charge in [-0.25, -0.2) is 0 Å². The van der Waals surface area contributed by atoms with E-state index in [0.29, 0.717) is 5.41 Å². The van der Waals surface area contributed by atoms with E-state index in [1.165, 1.54) is 58.2 Å². The Morgan fingerprint density at radius 2 is 1.63 bits per heavy atom. The van der Waals surface area contributed by atoms with Crippen molar-refractivity contribution >= 4 is 0 Å². The molecule has 114 valence electrons. The molecule has 0 aromatic rings. The highest BCUT2D eigenvalue weighted by Gasteiger charge is 2.25.